The van der Waals surface area contributed by atoms with Crippen LogP contribution in [0.5, 0.6) is 0 Å². The monoisotopic (exact) mass is 247 g/mol. The minimum Gasteiger partial charge on any atom is -0.464 e. The van der Waals surface area contributed by atoms with Gasteiger partial charge in [0.1, 0.15) is 23.2 Å². The second-order valence-corrected chi connectivity index (χ2v) is 4.06. The van der Waals surface area contributed by atoms with Crippen LogP contribution in [0.1, 0.15) is 24.5 Å². The molecular formula is C12H17N5O. The van der Waals surface area contributed by atoms with E-state index >= 15 is 0 Å². The molecule has 6 heteroatoms. The van der Waals surface area contributed by atoms with Gasteiger partial charge in [-0.3, -0.25) is 0 Å². The quantitative estimate of drug-likeness (QED) is 0.767. The fourth-order valence-corrected chi connectivity index (χ4v) is 1.65. The van der Waals surface area contributed by atoms with Gasteiger partial charge in [0, 0.05) is 13.1 Å². The van der Waals surface area contributed by atoms with Crippen LogP contribution in [0.4, 0.5) is 17.6 Å². The highest BCUT2D eigenvalue weighted by atomic mass is 16.3. The van der Waals surface area contributed by atoms with Gasteiger partial charge in [-0.1, -0.05) is 0 Å². The third kappa shape index (κ3) is 2.71. The molecule has 0 bridgehead atoms. The van der Waals surface area contributed by atoms with Crippen LogP contribution >= 0.6 is 0 Å². The number of aryl methyl sites for hydroxylation is 1. The molecule has 0 amide bonds. The molecule has 0 saturated carbocycles. The third-order valence-corrected chi connectivity index (χ3v) is 2.55. The summed E-state index contributed by atoms with van der Waals surface area (Å²) < 4.78 is 5.55. The minimum atomic E-state index is 0.0118. The van der Waals surface area contributed by atoms with Crippen molar-refractivity contribution in [3.63, 3.8) is 0 Å². The Labute approximate surface area is 106 Å². The fourth-order valence-electron chi connectivity index (χ4n) is 1.65. The SMILES string of the molecule is CNc1cc(NC(C)c2ccc(C)o2)nc(N)n1. The first kappa shape index (κ1) is 12.2. The smallest absolute Gasteiger partial charge is 0.223 e. The Bertz CT molecular complexity index is 537. The van der Waals surface area contributed by atoms with Crippen molar-refractivity contribution in [1.82, 2.24) is 9.97 Å². The summed E-state index contributed by atoms with van der Waals surface area (Å²) in [5.74, 6) is 3.31. The zero-order chi connectivity index (χ0) is 13.1. The Kier molecular flexibility index (Phi) is 3.36. The molecule has 0 aromatic carbocycles. The molecular weight excluding hydrogens is 230 g/mol. The number of aromatic nitrogens is 2. The van der Waals surface area contributed by atoms with Crippen molar-refractivity contribution in [1.29, 1.82) is 0 Å². The predicted octanol–water partition coefficient (Wildman–Crippen LogP) is 2.18. The largest absolute Gasteiger partial charge is 0.464 e. The number of nitrogens with zero attached hydrogens (tertiary/aromatic N) is 2. The molecule has 6 nitrogen and oxygen atoms in total. The van der Waals surface area contributed by atoms with Crippen LogP contribution in [0.3, 0.4) is 0 Å². The first-order valence-electron chi connectivity index (χ1n) is 5.73. The van der Waals surface area contributed by atoms with Crippen LogP contribution in [0.15, 0.2) is 22.6 Å². The molecule has 2 heterocycles. The topological polar surface area (TPSA) is 89.0 Å². The highest BCUT2D eigenvalue weighted by Crippen LogP contribution is 2.21. The Morgan fingerprint density at radius 2 is 2.00 bits per heavy atom. The van der Waals surface area contributed by atoms with Gasteiger partial charge < -0.3 is 20.8 Å². The number of hydrogen-bond donors (Lipinski definition) is 3. The van der Waals surface area contributed by atoms with E-state index in [1.165, 1.54) is 0 Å². The second-order valence-electron chi connectivity index (χ2n) is 4.06. The van der Waals surface area contributed by atoms with Gasteiger partial charge in [-0.15, -0.1) is 0 Å². The molecule has 0 saturated heterocycles. The summed E-state index contributed by atoms with van der Waals surface area (Å²) in [7, 11) is 1.78. The lowest BCUT2D eigenvalue weighted by Gasteiger charge is -2.13. The van der Waals surface area contributed by atoms with Gasteiger partial charge in [0.15, 0.2) is 0 Å². The molecule has 2 aromatic rings. The van der Waals surface area contributed by atoms with Gasteiger partial charge in [-0.05, 0) is 26.0 Å². The number of furan rings is 1. The Morgan fingerprint density at radius 3 is 2.61 bits per heavy atom. The summed E-state index contributed by atoms with van der Waals surface area (Å²) >= 11 is 0. The van der Waals surface area contributed by atoms with E-state index in [9.17, 15) is 0 Å². The normalized spacial score (nSPS) is 12.2. The van der Waals surface area contributed by atoms with Gasteiger partial charge >= 0.3 is 0 Å². The van der Waals surface area contributed by atoms with E-state index in [-0.39, 0.29) is 12.0 Å². The molecule has 0 spiro atoms. The molecule has 4 N–H and O–H groups in total. The average Bonchev–Trinajstić information content (AvgIpc) is 2.75. The maximum absolute atomic E-state index is 5.63. The third-order valence-electron chi connectivity index (χ3n) is 2.55. The Hall–Kier alpha value is -2.24. The summed E-state index contributed by atoms with van der Waals surface area (Å²) in [5, 5.41) is 6.15. The first-order valence-corrected chi connectivity index (χ1v) is 5.73. The zero-order valence-electron chi connectivity index (χ0n) is 10.7. The maximum atomic E-state index is 5.63. The van der Waals surface area contributed by atoms with E-state index in [1.807, 2.05) is 26.0 Å². The zero-order valence-corrected chi connectivity index (χ0v) is 10.7. The van der Waals surface area contributed by atoms with E-state index in [0.717, 1.165) is 11.5 Å². The molecule has 2 rings (SSSR count). The van der Waals surface area contributed by atoms with Crippen LogP contribution in [0.25, 0.3) is 0 Å². The Balaban J connectivity index is 2.16. The second kappa shape index (κ2) is 4.95. The number of hydrogen-bond acceptors (Lipinski definition) is 6. The summed E-state index contributed by atoms with van der Waals surface area (Å²) in [6.07, 6.45) is 0. The van der Waals surface area contributed by atoms with E-state index in [2.05, 4.69) is 20.6 Å². The van der Waals surface area contributed by atoms with Gasteiger partial charge in [0.05, 0.1) is 6.04 Å². The van der Waals surface area contributed by atoms with Crippen molar-refractivity contribution < 1.29 is 4.42 Å². The van der Waals surface area contributed by atoms with Crippen molar-refractivity contribution >= 4 is 17.6 Å². The molecule has 18 heavy (non-hydrogen) atoms. The molecule has 2 aromatic heterocycles. The summed E-state index contributed by atoms with van der Waals surface area (Å²) in [6, 6.07) is 5.68. The number of anilines is 3. The molecule has 96 valence electrons. The number of nitrogens with one attached hydrogen (secondary N) is 2. The van der Waals surface area contributed by atoms with E-state index in [4.69, 9.17) is 10.2 Å². The molecule has 1 unspecified atom stereocenters. The summed E-state index contributed by atoms with van der Waals surface area (Å²) in [5.41, 5.74) is 5.63. The summed E-state index contributed by atoms with van der Waals surface area (Å²) in [4.78, 5) is 8.16. The van der Waals surface area contributed by atoms with E-state index in [0.29, 0.717) is 11.6 Å². The Morgan fingerprint density at radius 1 is 1.28 bits per heavy atom. The number of nitrogen functional groups attached to an aromatic ring is 1. The molecule has 0 fully saturated rings. The van der Waals surface area contributed by atoms with Crippen LogP contribution in [0, 0.1) is 6.92 Å². The molecule has 0 aliphatic heterocycles. The lowest BCUT2D eigenvalue weighted by Crippen LogP contribution is -2.09. The van der Waals surface area contributed by atoms with Crippen molar-refractivity contribution in [3.8, 4) is 0 Å². The van der Waals surface area contributed by atoms with Gasteiger partial charge in [-0.25, -0.2) is 0 Å². The van der Waals surface area contributed by atoms with Gasteiger partial charge in [0.25, 0.3) is 0 Å². The predicted molar refractivity (Wildman–Crippen MR) is 71.5 cm³/mol. The van der Waals surface area contributed by atoms with Crippen LogP contribution in [0.2, 0.25) is 0 Å². The van der Waals surface area contributed by atoms with Crippen LogP contribution in [-0.2, 0) is 0 Å². The molecule has 0 aliphatic rings. The van der Waals surface area contributed by atoms with E-state index in [1.54, 1.807) is 13.1 Å². The fraction of sp³-hybridized carbons (Fsp3) is 0.333. The van der Waals surface area contributed by atoms with Crippen molar-refractivity contribution in [3.05, 3.63) is 29.7 Å². The van der Waals surface area contributed by atoms with Gasteiger partial charge in [0.2, 0.25) is 5.95 Å². The van der Waals surface area contributed by atoms with Crippen LogP contribution in [-0.4, -0.2) is 17.0 Å². The van der Waals surface area contributed by atoms with Crippen molar-refractivity contribution in [2.75, 3.05) is 23.4 Å². The standard InChI is InChI=1S/C12H17N5O/c1-7-4-5-9(18-7)8(2)15-11-6-10(14-3)16-12(13)17-11/h4-6,8H,1-3H3,(H4,13,14,15,16,17). The lowest BCUT2D eigenvalue weighted by atomic mass is 10.2. The molecule has 0 radical (unpaired) electrons. The molecule has 0 aliphatic carbocycles. The number of nitrogens with two attached hydrogens (primary N) is 1. The highest BCUT2D eigenvalue weighted by molar-refractivity contribution is 5.51. The summed E-state index contributed by atoms with van der Waals surface area (Å²) in [6.45, 7) is 3.91. The number of rotatable bonds is 4. The highest BCUT2D eigenvalue weighted by Gasteiger charge is 2.11. The van der Waals surface area contributed by atoms with E-state index < -0.39 is 0 Å². The lowest BCUT2D eigenvalue weighted by molar-refractivity contribution is 0.466. The first-order chi connectivity index (χ1) is 8.58. The van der Waals surface area contributed by atoms with Crippen molar-refractivity contribution in [2.24, 2.45) is 0 Å². The van der Waals surface area contributed by atoms with Gasteiger partial charge in [-0.2, -0.15) is 9.97 Å². The average molecular weight is 247 g/mol. The maximum Gasteiger partial charge on any atom is 0.223 e. The van der Waals surface area contributed by atoms with Crippen molar-refractivity contribution in [2.45, 2.75) is 19.9 Å². The molecule has 1 atom stereocenters. The van der Waals surface area contributed by atoms with Crippen LogP contribution < -0.4 is 16.4 Å². The minimum absolute atomic E-state index is 0.0118.